The fourth-order valence-electron chi connectivity index (χ4n) is 3.87. The van der Waals surface area contributed by atoms with Crippen molar-refractivity contribution >= 4 is 35.5 Å². The lowest BCUT2D eigenvalue weighted by Crippen LogP contribution is -2.41. The van der Waals surface area contributed by atoms with Crippen molar-refractivity contribution in [2.45, 2.75) is 19.3 Å². The van der Waals surface area contributed by atoms with Crippen LogP contribution in [0.4, 0.5) is 16.2 Å². The standard InChI is InChI=1S/C23H27N5O2/c1-16(14-26-25)22-19(15-29)12-20(13-21(22)24)27-23(30)28-9-7-18(8-10-28)11-17-5-3-2-4-6-17/h2-6,12-15,18H,1,7-11,24-25H2,(H,27,30)/b26-14-. The molecular weight excluding hydrogens is 378 g/mol. The van der Waals surface area contributed by atoms with Gasteiger partial charge in [-0.2, -0.15) is 5.10 Å². The Labute approximate surface area is 176 Å². The van der Waals surface area contributed by atoms with Crippen LogP contribution in [0.2, 0.25) is 0 Å². The van der Waals surface area contributed by atoms with Crippen LogP contribution in [0.15, 0.2) is 54.1 Å². The summed E-state index contributed by atoms with van der Waals surface area (Å²) in [5.74, 6) is 5.73. The fourth-order valence-corrected chi connectivity index (χ4v) is 3.87. The van der Waals surface area contributed by atoms with Crippen molar-refractivity contribution in [1.82, 2.24) is 4.90 Å². The van der Waals surface area contributed by atoms with Gasteiger partial charge in [0.25, 0.3) is 0 Å². The van der Waals surface area contributed by atoms with Crippen LogP contribution in [0, 0.1) is 5.92 Å². The van der Waals surface area contributed by atoms with Gasteiger partial charge in [0.05, 0.1) is 6.21 Å². The van der Waals surface area contributed by atoms with Crippen LogP contribution in [0.5, 0.6) is 0 Å². The maximum atomic E-state index is 12.7. The van der Waals surface area contributed by atoms with Crippen molar-refractivity contribution in [3.63, 3.8) is 0 Å². The van der Waals surface area contributed by atoms with Crippen molar-refractivity contribution < 1.29 is 9.59 Å². The molecule has 7 heteroatoms. The lowest BCUT2D eigenvalue weighted by molar-refractivity contribution is 0.112. The van der Waals surface area contributed by atoms with Gasteiger partial charge in [-0.3, -0.25) is 4.79 Å². The molecule has 3 rings (SSSR count). The van der Waals surface area contributed by atoms with Crippen LogP contribution in [-0.2, 0) is 6.42 Å². The molecule has 156 valence electrons. The predicted molar refractivity (Wildman–Crippen MR) is 121 cm³/mol. The van der Waals surface area contributed by atoms with Crippen LogP contribution >= 0.6 is 0 Å². The molecule has 2 aromatic carbocycles. The number of nitrogen functional groups attached to an aromatic ring is 1. The summed E-state index contributed by atoms with van der Waals surface area (Å²) in [6.07, 6.45) is 4.96. The number of anilines is 2. The highest BCUT2D eigenvalue weighted by Gasteiger charge is 2.23. The number of carbonyl (C=O) groups excluding carboxylic acids is 2. The van der Waals surface area contributed by atoms with E-state index in [9.17, 15) is 9.59 Å². The third-order valence-electron chi connectivity index (χ3n) is 5.40. The highest BCUT2D eigenvalue weighted by atomic mass is 16.2. The third-order valence-corrected chi connectivity index (χ3v) is 5.40. The predicted octanol–water partition coefficient (Wildman–Crippen LogP) is 3.53. The van der Waals surface area contributed by atoms with E-state index in [4.69, 9.17) is 11.6 Å². The number of likely N-dealkylation sites (tertiary alicyclic amines) is 1. The van der Waals surface area contributed by atoms with E-state index in [1.54, 1.807) is 17.0 Å². The monoisotopic (exact) mass is 405 g/mol. The Kier molecular flexibility index (Phi) is 6.85. The lowest BCUT2D eigenvalue weighted by atomic mass is 9.90. The van der Waals surface area contributed by atoms with Crippen LogP contribution in [0.3, 0.4) is 0 Å². The molecular formula is C23H27N5O2. The van der Waals surface area contributed by atoms with E-state index >= 15 is 0 Å². The quantitative estimate of drug-likeness (QED) is 0.224. The van der Waals surface area contributed by atoms with Crippen molar-refractivity contribution in [3.05, 3.63) is 65.7 Å². The van der Waals surface area contributed by atoms with Crippen molar-refractivity contribution in [1.29, 1.82) is 0 Å². The van der Waals surface area contributed by atoms with Gasteiger partial charge in [0.2, 0.25) is 0 Å². The van der Waals surface area contributed by atoms with Crippen molar-refractivity contribution in [2.75, 3.05) is 24.1 Å². The van der Waals surface area contributed by atoms with Gasteiger partial charge in [-0.25, -0.2) is 4.79 Å². The number of rotatable bonds is 6. The van der Waals surface area contributed by atoms with Crippen LogP contribution < -0.4 is 16.9 Å². The molecule has 0 atom stereocenters. The summed E-state index contributed by atoms with van der Waals surface area (Å²) in [6.45, 7) is 5.21. The second kappa shape index (κ2) is 9.73. The second-order valence-electron chi connectivity index (χ2n) is 7.50. The van der Waals surface area contributed by atoms with Gasteiger partial charge in [-0.1, -0.05) is 36.9 Å². The molecule has 1 aliphatic heterocycles. The molecule has 7 nitrogen and oxygen atoms in total. The molecule has 2 amide bonds. The number of amides is 2. The van der Waals surface area contributed by atoms with E-state index in [1.807, 2.05) is 6.07 Å². The average molecular weight is 406 g/mol. The minimum absolute atomic E-state index is 0.195. The molecule has 0 aliphatic carbocycles. The van der Waals surface area contributed by atoms with E-state index in [1.165, 1.54) is 11.8 Å². The number of hydrogen-bond acceptors (Lipinski definition) is 5. The number of hydrazone groups is 1. The molecule has 2 aromatic rings. The zero-order chi connectivity index (χ0) is 21.5. The Morgan fingerprint density at radius 2 is 1.93 bits per heavy atom. The molecule has 0 bridgehead atoms. The van der Waals surface area contributed by atoms with Gasteiger partial charge in [0, 0.05) is 35.6 Å². The smallest absolute Gasteiger partial charge is 0.321 e. The van der Waals surface area contributed by atoms with Crippen molar-refractivity contribution in [3.8, 4) is 0 Å². The Bertz CT molecular complexity index is 948. The summed E-state index contributed by atoms with van der Waals surface area (Å²) in [5.41, 5.74) is 9.41. The number of nitrogens with two attached hydrogens (primary N) is 2. The lowest BCUT2D eigenvalue weighted by Gasteiger charge is -2.32. The Balaban J connectivity index is 1.62. The fraction of sp³-hybridized carbons (Fsp3) is 0.261. The van der Waals surface area contributed by atoms with Crippen molar-refractivity contribution in [2.24, 2.45) is 16.9 Å². The highest BCUT2D eigenvalue weighted by molar-refractivity contribution is 6.14. The average Bonchev–Trinajstić information content (AvgIpc) is 2.74. The first-order valence-corrected chi connectivity index (χ1v) is 9.93. The normalized spacial score (nSPS) is 14.6. The minimum Gasteiger partial charge on any atom is -0.398 e. The van der Waals surface area contributed by atoms with Crippen LogP contribution in [0.25, 0.3) is 5.57 Å². The summed E-state index contributed by atoms with van der Waals surface area (Å²) in [4.78, 5) is 26.0. The molecule has 0 saturated carbocycles. The molecule has 5 N–H and O–H groups in total. The number of hydrogen-bond donors (Lipinski definition) is 3. The van der Waals surface area contributed by atoms with E-state index < -0.39 is 0 Å². The summed E-state index contributed by atoms with van der Waals surface area (Å²) in [5, 5.41) is 6.27. The zero-order valence-corrected chi connectivity index (χ0v) is 16.9. The number of benzene rings is 2. The topological polar surface area (TPSA) is 114 Å². The highest BCUT2D eigenvalue weighted by Crippen LogP contribution is 2.28. The number of aldehydes is 1. The maximum Gasteiger partial charge on any atom is 0.321 e. The van der Waals surface area contributed by atoms with E-state index in [0.717, 1.165) is 19.3 Å². The molecule has 30 heavy (non-hydrogen) atoms. The van der Waals surface area contributed by atoms with E-state index in [0.29, 0.717) is 53.4 Å². The number of carbonyl (C=O) groups is 2. The van der Waals surface area contributed by atoms with Gasteiger partial charge in [0.15, 0.2) is 6.29 Å². The van der Waals surface area contributed by atoms with Gasteiger partial charge in [-0.15, -0.1) is 0 Å². The van der Waals surface area contributed by atoms with Crippen LogP contribution in [0.1, 0.15) is 34.3 Å². The SMILES string of the molecule is C=C(/C=N\N)c1c(N)cc(NC(=O)N2CCC(Cc3ccccc3)CC2)cc1C=O. The molecule has 1 heterocycles. The largest absolute Gasteiger partial charge is 0.398 e. The first kappa shape index (κ1) is 21.1. The molecule has 0 aromatic heterocycles. The number of nitrogens with zero attached hydrogens (tertiary/aromatic N) is 2. The van der Waals surface area contributed by atoms with E-state index in [-0.39, 0.29) is 6.03 Å². The Hall–Kier alpha value is -3.61. The number of urea groups is 1. The third kappa shape index (κ3) is 5.05. The van der Waals surface area contributed by atoms with E-state index in [2.05, 4.69) is 41.3 Å². The molecule has 0 radical (unpaired) electrons. The van der Waals surface area contributed by atoms with Gasteiger partial charge >= 0.3 is 6.03 Å². The molecule has 1 aliphatic rings. The summed E-state index contributed by atoms with van der Waals surface area (Å²) in [6, 6.07) is 13.4. The second-order valence-corrected chi connectivity index (χ2v) is 7.50. The summed E-state index contributed by atoms with van der Waals surface area (Å²) < 4.78 is 0. The number of nitrogens with one attached hydrogen (secondary N) is 1. The minimum atomic E-state index is -0.195. The molecule has 0 unspecified atom stereocenters. The maximum absolute atomic E-state index is 12.7. The number of piperidine rings is 1. The van der Waals surface area contributed by atoms with Crippen LogP contribution in [-0.4, -0.2) is 36.5 Å². The van der Waals surface area contributed by atoms with Gasteiger partial charge < -0.3 is 21.8 Å². The first-order chi connectivity index (χ1) is 14.5. The number of allylic oxidation sites excluding steroid dienone is 1. The Morgan fingerprint density at radius 1 is 1.23 bits per heavy atom. The van der Waals surface area contributed by atoms with Gasteiger partial charge in [0.1, 0.15) is 0 Å². The summed E-state index contributed by atoms with van der Waals surface area (Å²) in [7, 11) is 0. The zero-order valence-electron chi connectivity index (χ0n) is 16.9. The Morgan fingerprint density at radius 3 is 2.57 bits per heavy atom. The first-order valence-electron chi connectivity index (χ1n) is 9.93. The molecule has 1 fully saturated rings. The van der Waals surface area contributed by atoms with Gasteiger partial charge in [-0.05, 0) is 48.4 Å². The molecule has 0 spiro atoms. The summed E-state index contributed by atoms with van der Waals surface area (Å²) >= 11 is 0. The molecule has 1 saturated heterocycles.